The molecule has 2 fully saturated rings. The third kappa shape index (κ3) is 10.1. The molecule has 0 unspecified atom stereocenters. The van der Waals surface area contributed by atoms with E-state index in [1.807, 2.05) is 24.3 Å². The van der Waals surface area contributed by atoms with Gasteiger partial charge in [-0.25, -0.2) is 4.31 Å². The van der Waals surface area contributed by atoms with Gasteiger partial charge in [-0.1, -0.05) is 43.5 Å². The highest BCUT2D eigenvalue weighted by atomic mass is 32.2. The van der Waals surface area contributed by atoms with E-state index in [-0.39, 0.29) is 19.1 Å². The number of alkyl halides is 3. The number of nitrogens with two attached hydrogens (primary N) is 1. The van der Waals surface area contributed by atoms with Gasteiger partial charge in [-0.3, -0.25) is 0 Å². The van der Waals surface area contributed by atoms with Crippen molar-refractivity contribution in [2.45, 2.75) is 81.0 Å². The van der Waals surface area contributed by atoms with Crippen LogP contribution in [0, 0.1) is 5.41 Å². The van der Waals surface area contributed by atoms with Crippen LogP contribution in [0.1, 0.15) is 80.0 Å². The highest BCUT2D eigenvalue weighted by molar-refractivity contribution is 7.97. The van der Waals surface area contributed by atoms with Crippen LogP contribution in [0.3, 0.4) is 0 Å². The minimum atomic E-state index is -4.34. The summed E-state index contributed by atoms with van der Waals surface area (Å²) in [6.07, 6.45) is 1.96. The minimum Gasteiger partial charge on any atom is -0.392 e. The SMILES string of the molecule is CC(=N)c1ccc(SN2CCC(N)(COP(O)O)CC2)cc1.OCc1ccc(C2CCCCC2)c(C(F)(F)F)c1. The summed E-state index contributed by atoms with van der Waals surface area (Å²) in [7, 11) is -2.33. The molecule has 0 amide bonds. The number of rotatable bonds is 8. The van der Waals surface area contributed by atoms with Crippen molar-refractivity contribution in [3.63, 3.8) is 0 Å². The Balaban J connectivity index is 0.000000225. The lowest BCUT2D eigenvalue weighted by atomic mass is 9.81. The van der Waals surface area contributed by atoms with Gasteiger partial charge in [0.15, 0.2) is 0 Å². The van der Waals surface area contributed by atoms with Gasteiger partial charge in [0.25, 0.3) is 0 Å². The van der Waals surface area contributed by atoms with Crippen molar-refractivity contribution < 1.29 is 32.6 Å². The molecule has 222 valence electrons. The maximum atomic E-state index is 13.0. The zero-order valence-electron chi connectivity index (χ0n) is 22.7. The number of hydrogen-bond acceptors (Lipinski definition) is 8. The largest absolute Gasteiger partial charge is 0.416 e. The summed E-state index contributed by atoms with van der Waals surface area (Å²) in [5.41, 5.74) is 7.39. The molecule has 1 saturated carbocycles. The molecular weight excluding hydrogens is 562 g/mol. The quantitative estimate of drug-likeness (QED) is 0.136. The smallest absolute Gasteiger partial charge is 0.392 e. The maximum Gasteiger partial charge on any atom is 0.416 e. The lowest BCUT2D eigenvalue weighted by Gasteiger charge is -2.38. The highest BCUT2D eigenvalue weighted by Gasteiger charge is 2.36. The first kappa shape index (κ1) is 32.9. The van der Waals surface area contributed by atoms with Gasteiger partial charge in [-0.15, -0.1) is 0 Å². The van der Waals surface area contributed by atoms with E-state index < -0.39 is 25.9 Å². The summed E-state index contributed by atoms with van der Waals surface area (Å²) in [5.74, 6) is 0.0168. The second-order valence-corrected chi connectivity index (χ2v) is 12.4. The molecular formula is C28H39F3N3O4PS. The number of piperidine rings is 1. The molecule has 12 heteroatoms. The molecule has 1 saturated heterocycles. The molecule has 2 aromatic rings. The summed E-state index contributed by atoms with van der Waals surface area (Å²) in [5, 5.41) is 16.6. The van der Waals surface area contributed by atoms with Crippen LogP contribution in [0.5, 0.6) is 0 Å². The van der Waals surface area contributed by atoms with Crippen molar-refractivity contribution >= 4 is 26.3 Å². The van der Waals surface area contributed by atoms with Gasteiger partial charge < -0.3 is 30.6 Å². The van der Waals surface area contributed by atoms with Gasteiger partial charge in [-0.05, 0) is 85.4 Å². The number of halogens is 3. The van der Waals surface area contributed by atoms with Gasteiger partial charge in [0, 0.05) is 29.2 Å². The van der Waals surface area contributed by atoms with Crippen LogP contribution < -0.4 is 5.73 Å². The lowest BCUT2D eigenvalue weighted by Crippen LogP contribution is -2.51. The zero-order chi connectivity index (χ0) is 29.3. The zero-order valence-corrected chi connectivity index (χ0v) is 24.4. The first-order valence-electron chi connectivity index (χ1n) is 13.4. The Morgan fingerprint density at radius 3 is 2.25 bits per heavy atom. The van der Waals surface area contributed by atoms with Crippen molar-refractivity contribution in [1.29, 1.82) is 5.41 Å². The topological polar surface area (TPSA) is 123 Å². The van der Waals surface area contributed by atoms with Crippen LogP contribution in [0.25, 0.3) is 0 Å². The molecule has 40 heavy (non-hydrogen) atoms. The van der Waals surface area contributed by atoms with E-state index in [0.29, 0.717) is 16.8 Å². The van der Waals surface area contributed by atoms with Crippen LogP contribution in [0.15, 0.2) is 47.4 Å². The van der Waals surface area contributed by atoms with Gasteiger partial charge in [0.2, 0.25) is 0 Å². The summed E-state index contributed by atoms with van der Waals surface area (Å²) in [6, 6.07) is 12.2. The van der Waals surface area contributed by atoms with E-state index in [0.717, 1.165) is 74.6 Å². The van der Waals surface area contributed by atoms with E-state index in [1.54, 1.807) is 31.0 Å². The molecule has 7 nitrogen and oxygen atoms in total. The summed E-state index contributed by atoms with van der Waals surface area (Å²) < 4.78 is 46.2. The van der Waals surface area contributed by atoms with Crippen LogP contribution in [0.2, 0.25) is 0 Å². The second kappa shape index (κ2) is 15.1. The van der Waals surface area contributed by atoms with Crippen LogP contribution in [-0.2, 0) is 17.3 Å². The number of aliphatic hydroxyl groups is 1. The number of nitrogens with one attached hydrogen (secondary N) is 1. The maximum absolute atomic E-state index is 13.0. The van der Waals surface area contributed by atoms with E-state index in [9.17, 15) is 13.2 Å². The van der Waals surface area contributed by atoms with E-state index in [4.69, 9.17) is 30.6 Å². The monoisotopic (exact) mass is 601 g/mol. The fourth-order valence-electron chi connectivity index (χ4n) is 4.99. The molecule has 6 N–H and O–H groups in total. The standard InChI is InChI=1S/C14H17F3O.C14H22N3O3PS/c15-14(16,17)13-8-10(9-18)6-7-12(13)11-4-2-1-3-5-11;1-11(15)12-2-4-13(5-3-12)22-17-8-6-14(16,7-9-17)10-20-21(18)19/h6-8,11,18H,1-5,9H2;2-5,15,18-19H,6-10,16H2,1H3. The Morgan fingerprint density at radius 2 is 1.73 bits per heavy atom. The van der Waals surface area contributed by atoms with Crippen molar-refractivity contribution in [3.8, 4) is 0 Å². The van der Waals surface area contributed by atoms with E-state index in [2.05, 4.69) is 4.31 Å². The Kier molecular flexibility index (Phi) is 12.4. The predicted octanol–water partition coefficient (Wildman–Crippen LogP) is 6.35. The molecule has 1 aliphatic heterocycles. The Morgan fingerprint density at radius 1 is 1.10 bits per heavy atom. The molecule has 0 aromatic heterocycles. The fraction of sp³-hybridized carbons (Fsp3) is 0.536. The average molecular weight is 602 g/mol. The van der Waals surface area contributed by atoms with Crippen molar-refractivity contribution in [2.24, 2.45) is 5.73 Å². The number of hydrogen-bond donors (Lipinski definition) is 5. The van der Waals surface area contributed by atoms with Gasteiger partial charge in [-0.2, -0.15) is 13.2 Å². The molecule has 0 radical (unpaired) electrons. The van der Waals surface area contributed by atoms with Crippen LogP contribution >= 0.6 is 20.6 Å². The predicted molar refractivity (Wildman–Crippen MR) is 153 cm³/mol. The van der Waals surface area contributed by atoms with Crippen molar-refractivity contribution in [2.75, 3.05) is 19.7 Å². The van der Waals surface area contributed by atoms with Crippen LogP contribution in [0.4, 0.5) is 13.2 Å². The molecule has 1 heterocycles. The molecule has 0 bridgehead atoms. The summed E-state index contributed by atoms with van der Waals surface area (Å²) in [4.78, 5) is 18.8. The molecule has 0 spiro atoms. The third-order valence-corrected chi connectivity index (χ3v) is 8.82. The first-order valence-corrected chi connectivity index (χ1v) is 15.3. The molecule has 4 rings (SSSR count). The number of benzene rings is 2. The third-order valence-electron chi connectivity index (χ3n) is 7.36. The Labute approximate surface area is 239 Å². The first-order chi connectivity index (χ1) is 18.9. The molecule has 0 atom stereocenters. The lowest BCUT2D eigenvalue weighted by molar-refractivity contribution is -0.138. The normalized spacial score (nSPS) is 18.3. The summed E-state index contributed by atoms with van der Waals surface area (Å²) in [6.45, 7) is 3.25. The number of nitrogens with zero attached hydrogens (tertiary/aromatic N) is 1. The van der Waals surface area contributed by atoms with Gasteiger partial charge >= 0.3 is 14.8 Å². The molecule has 2 aromatic carbocycles. The van der Waals surface area contributed by atoms with Crippen molar-refractivity contribution in [1.82, 2.24) is 4.31 Å². The van der Waals surface area contributed by atoms with Gasteiger partial charge in [0.05, 0.1) is 18.8 Å². The van der Waals surface area contributed by atoms with E-state index >= 15 is 0 Å². The molecule has 1 aliphatic carbocycles. The van der Waals surface area contributed by atoms with Crippen LogP contribution in [-0.4, -0.2) is 50.1 Å². The Hall–Kier alpha value is -1.56. The fourth-order valence-corrected chi connectivity index (χ4v) is 6.28. The number of aliphatic hydroxyl groups excluding tert-OH is 1. The Bertz CT molecular complexity index is 1090. The highest BCUT2D eigenvalue weighted by Crippen LogP contribution is 2.41. The second-order valence-electron chi connectivity index (χ2n) is 10.5. The minimum absolute atomic E-state index is 0.0168. The molecule has 2 aliphatic rings. The van der Waals surface area contributed by atoms with Gasteiger partial charge in [0.1, 0.15) is 0 Å². The van der Waals surface area contributed by atoms with Crippen molar-refractivity contribution in [3.05, 3.63) is 64.7 Å². The summed E-state index contributed by atoms with van der Waals surface area (Å²) >= 11 is 1.68. The van der Waals surface area contributed by atoms with E-state index in [1.165, 1.54) is 0 Å². The average Bonchev–Trinajstić information content (AvgIpc) is 2.94.